The van der Waals surface area contributed by atoms with E-state index in [1.165, 1.54) is 25.7 Å². The van der Waals surface area contributed by atoms with Crippen molar-refractivity contribution in [3.63, 3.8) is 0 Å². The highest BCUT2D eigenvalue weighted by molar-refractivity contribution is 5.79. The number of piperidine rings is 1. The largest absolute Gasteiger partial charge is 0.508 e. The minimum absolute atomic E-state index is 0.253. The Balaban J connectivity index is 1.55. The van der Waals surface area contributed by atoms with Crippen molar-refractivity contribution in [3.8, 4) is 28.3 Å². The third-order valence-corrected chi connectivity index (χ3v) is 6.37. The highest BCUT2D eigenvalue weighted by Crippen LogP contribution is 2.35. The van der Waals surface area contributed by atoms with Crippen LogP contribution in [-0.2, 0) is 0 Å². The van der Waals surface area contributed by atoms with Gasteiger partial charge in [0.25, 0.3) is 0 Å². The zero-order valence-corrected chi connectivity index (χ0v) is 18.0. The molecule has 7 nitrogen and oxygen atoms in total. The van der Waals surface area contributed by atoms with Gasteiger partial charge in [-0.2, -0.15) is 5.10 Å². The quantitative estimate of drug-likeness (QED) is 0.573. The summed E-state index contributed by atoms with van der Waals surface area (Å²) in [6.45, 7) is 3.99. The number of hydrogen-bond acceptors (Lipinski definition) is 6. The monoisotopic (exact) mass is 418 g/mol. The average molecular weight is 419 g/mol. The molecule has 0 bridgehead atoms. The topological polar surface area (TPSA) is 87.9 Å². The summed E-state index contributed by atoms with van der Waals surface area (Å²) < 4.78 is 2.09. The molecule has 7 heteroatoms. The second-order valence-electron chi connectivity index (χ2n) is 8.80. The maximum Gasteiger partial charge on any atom is 0.223 e. The first kappa shape index (κ1) is 20.0. The Kier molecular flexibility index (Phi) is 5.59. The first-order valence-electron chi connectivity index (χ1n) is 11.4. The van der Waals surface area contributed by atoms with E-state index >= 15 is 0 Å². The Morgan fingerprint density at radius 2 is 1.90 bits per heavy atom. The fraction of sp³-hybridized carbons (Fsp3) is 0.458. The van der Waals surface area contributed by atoms with Crippen LogP contribution >= 0.6 is 0 Å². The van der Waals surface area contributed by atoms with E-state index < -0.39 is 0 Å². The van der Waals surface area contributed by atoms with Crippen LogP contribution in [0.3, 0.4) is 0 Å². The Bertz CT molecular complexity index is 1030. The number of nitrogens with one attached hydrogen (secondary N) is 2. The van der Waals surface area contributed by atoms with E-state index in [0.717, 1.165) is 54.0 Å². The molecule has 1 saturated heterocycles. The van der Waals surface area contributed by atoms with Gasteiger partial charge in [-0.25, -0.2) is 9.97 Å². The average Bonchev–Trinajstić information content (AvgIpc) is 3.44. The van der Waals surface area contributed by atoms with Crippen LogP contribution in [0.4, 0.5) is 5.95 Å². The molecule has 2 aromatic heterocycles. The Morgan fingerprint density at radius 1 is 1.10 bits per heavy atom. The van der Waals surface area contributed by atoms with Crippen LogP contribution in [0.5, 0.6) is 5.75 Å². The third kappa shape index (κ3) is 4.42. The highest BCUT2D eigenvalue weighted by atomic mass is 16.3. The molecular formula is C24H30N6O. The van der Waals surface area contributed by atoms with E-state index in [4.69, 9.17) is 10.1 Å². The van der Waals surface area contributed by atoms with Crippen LogP contribution in [0.2, 0.25) is 0 Å². The first-order valence-corrected chi connectivity index (χ1v) is 11.4. The number of aromatic nitrogens is 4. The predicted molar refractivity (Wildman–Crippen MR) is 122 cm³/mol. The number of benzene rings is 1. The highest BCUT2D eigenvalue weighted by Gasteiger charge is 2.22. The maximum atomic E-state index is 10.2. The van der Waals surface area contributed by atoms with Crippen LogP contribution in [0.1, 0.15) is 50.1 Å². The van der Waals surface area contributed by atoms with Gasteiger partial charge in [-0.15, -0.1) is 0 Å². The van der Waals surface area contributed by atoms with Gasteiger partial charge in [-0.05, 0) is 75.5 Å². The van der Waals surface area contributed by atoms with Crippen LogP contribution in [-0.4, -0.2) is 44.0 Å². The van der Waals surface area contributed by atoms with Crippen LogP contribution in [0.25, 0.3) is 22.5 Å². The molecule has 1 aromatic carbocycles. The molecule has 2 fully saturated rings. The fourth-order valence-corrected chi connectivity index (χ4v) is 4.78. The van der Waals surface area contributed by atoms with Gasteiger partial charge in [0.2, 0.25) is 5.95 Å². The lowest BCUT2D eigenvalue weighted by Gasteiger charge is -2.22. The van der Waals surface area contributed by atoms with Crippen molar-refractivity contribution in [1.29, 1.82) is 0 Å². The van der Waals surface area contributed by atoms with Crippen LogP contribution in [0.15, 0.2) is 36.7 Å². The fourth-order valence-electron chi connectivity index (χ4n) is 4.78. The number of rotatable bonds is 5. The third-order valence-electron chi connectivity index (χ3n) is 6.37. The SMILES string of the molecule is Cc1cc(O)cc(-c2nn(C3CCNCC3)cc2-c2ccnc(NC3CCCC3)n2)c1. The molecule has 0 unspecified atom stereocenters. The molecule has 3 heterocycles. The van der Waals surface area contributed by atoms with Gasteiger partial charge >= 0.3 is 0 Å². The molecule has 1 aliphatic heterocycles. The molecule has 3 N–H and O–H groups in total. The molecule has 162 valence electrons. The Labute approximate surface area is 182 Å². The number of hydrogen-bond donors (Lipinski definition) is 3. The number of phenols is 1. The van der Waals surface area contributed by atoms with Crippen LogP contribution in [0, 0.1) is 6.92 Å². The zero-order chi connectivity index (χ0) is 21.2. The molecular weight excluding hydrogens is 388 g/mol. The van der Waals surface area contributed by atoms with Gasteiger partial charge in [0.15, 0.2) is 0 Å². The number of anilines is 1. The van der Waals surface area contributed by atoms with E-state index in [0.29, 0.717) is 18.0 Å². The molecule has 31 heavy (non-hydrogen) atoms. The lowest BCUT2D eigenvalue weighted by Crippen LogP contribution is -2.29. The summed E-state index contributed by atoms with van der Waals surface area (Å²) in [7, 11) is 0. The van der Waals surface area contributed by atoms with Crippen molar-refractivity contribution < 1.29 is 5.11 Å². The summed E-state index contributed by atoms with van der Waals surface area (Å²) in [5, 5.41) is 22.1. The Hall–Kier alpha value is -2.93. The second kappa shape index (κ2) is 8.67. The van der Waals surface area contributed by atoms with Crippen molar-refractivity contribution in [1.82, 2.24) is 25.1 Å². The van der Waals surface area contributed by atoms with E-state index in [-0.39, 0.29) is 5.75 Å². The summed E-state index contributed by atoms with van der Waals surface area (Å²) in [4.78, 5) is 9.30. The molecule has 3 aromatic rings. The van der Waals surface area contributed by atoms with Crippen molar-refractivity contribution >= 4 is 5.95 Å². The summed E-state index contributed by atoms with van der Waals surface area (Å²) in [5.41, 5.74) is 4.59. The molecule has 0 atom stereocenters. The summed E-state index contributed by atoms with van der Waals surface area (Å²) in [5.74, 6) is 0.931. The molecule has 1 aliphatic carbocycles. The van der Waals surface area contributed by atoms with Gasteiger partial charge in [-0.3, -0.25) is 4.68 Å². The summed E-state index contributed by atoms with van der Waals surface area (Å²) >= 11 is 0. The van der Waals surface area contributed by atoms with E-state index in [2.05, 4.69) is 32.6 Å². The number of aromatic hydroxyl groups is 1. The van der Waals surface area contributed by atoms with Crippen molar-refractivity contribution in [3.05, 3.63) is 42.2 Å². The molecule has 0 radical (unpaired) electrons. The maximum absolute atomic E-state index is 10.2. The molecule has 0 amide bonds. The normalized spacial score (nSPS) is 17.8. The van der Waals surface area contributed by atoms with E-state index in [9.17, 15) is 5.11 Å². The molecule has 0 spiro atoms. The second-order valence-corrected chi connectivity index (χ2v) is 8.80. The van der Waals surface area contributed by atoms with Crippen LogP contribution < -0.4 is 10.6 Å². The molecule has 5 rings (SSSR count). The first-order chi connectivity index (χ1) is 15.2. The summed E-state index contributed by atoms with van der Waals surface area (Å²) in [6, 6.07) is 8.39. The van der Waals surface area contributed by atoms with Crippen molar-refractivity contribution in [2.75, 3.05) is 18.4 Å². The van der Waals surface area contributed by atoms with Gasteiger partial charge < -0.3 is 15.7 Å². The lowest BCUT2D eigenvalue weighted by atomic mass is 10.0. The van der Waals surface area contributed by atoms with E-state index in [1.54, 1.807) is 12.1 Å². The molecule has 2 aliphatic rings. The van der Waals surface area contributed by atoms with Gasteiger partial charge in [0, 0.05) is 29.6 Å². The van der Waals surface area contributed by atoms with Gasteiger partial charge in [-0.1, -0.05) is 12.8 Å². The minimum atomic E-state index is 0.253. The number of nitrogens with zero attached hydrogens (tertiary/aromatic N) is 4. The Morgan fingerprint density at radius 3 is 2.68 bits per heavy atom. The standard InChI is InChI=1S/C24H30N6O/c1-16-12-17(14-20(31)13-16)23-21(15-30(29-23)19-6-9-25-10-7-19)22-8-11-26-24(28-22)27-18-4-2-3-5-18/h8,11-15,18-19,25,31H,2-7,9-10H2,1H3,(H,26,27,28). The zero-order valence-electron chi connectivity index (χ0n) is 18.0. The van der Waals surface area contributed by atoms with Crippen molar-refractivity contribution in [2.45, 2.75) is 57.5 Å². The van der Waals surface area contributed by atoms with E-state index in [1.807, 2.05) is 19.2 Å². The smallest absolute Gasteiger partial charge is 0.223 e. The number of phenolic OH excluding ortho intramolecular Hbond substituents is 1. The number of aryl methyl sites for hydroxylation is 1. The predicted octanol–water partition coefficient (Wildman–Crippen LogP) is 4.30. The van der Waals surface area contributed by atoms with Crippen molar-refractivity contribution in [2.24, 2.45) is 0 Å². The lowest BCUT2D eigenvalue weighted by molar-refractivity contribution is 0.344. The minimum Gasteiger partial charge on any atom is -0.508 e. The molecule has 1 saturated carbocycles. The van der Waals surface area contributed by atoms with Gasteiger partial charge in [0.05, 0.1) is 11.7 Å². The summed E-state index contributed by atoms with van der Waals surface area (Å²) in [6.07, 6.45) is 10.9. The van der Waals surface area contributed by atoms with Gasteiger partial charge in [0.1, 0.15) is 11.4 Å².